The third kappa shape index (κ3) is 2.99. The zero-order valence-electron chi connectivity index (χ0n) is 10.4. The summed E-state index contributed by atoms with van der Waals surface area (Å²) in [6.07, 6.45) is 2.12. The molecule has 0 spiro atoms. The third-order valence-corrected chi connectivity index (χ3v) is 3.68. The summed E-state index contributed by atoms with van der Waals surface area (Å²) in [5.74, 6) is 0.897. The maximum Gasteiger partial charge on any atom is 0.122 e. The Morgan fingerprint density at radius 1 is 1.29 bits per heavy atom. The van der Waals surface area contributed by atoms with Gasteiger partial charge in [-0.1, -0.05) is 18.2 Å². The first-order chi connectivity index (χ1) is 8.20. The second-order valence-electron chi connectivity index (χ2n) is 4.98. The molecule has 1 heterocycles. The van der Waals surface area contributed by atoms with Gasteiger partial charge in [-0.15, -0.1) is 0 Å². The van der Waals surface area contributed by atoms with Crippen molar-refractivity contribution in [2.24, 2.45) is 5.92 Å². The molecular formula is C14H21NO2. The molecule has 0 saturated carbocycles. The Balaban J connectivity index is 1.95. The van der Waals surface area contributed by atoms with Gasteiger partial charge in [0, 0.05) is 18.7 Å². The number of para-hydroxylation sites is 1. The summed E-state index contributed by atoms with van der Waals surface area (Å²) in [6, 6.07) is 5.90. The minimum Gasteiger partial charge on any atom is -0.507 e. The number of aryl methyl sites for hydroxylation is 1. The number of phenols is 1. The van der Waals surface area contributed by atoms with E-state index in [0.717, 1.165) is 43.6 Å². The topological polar surface area (TPSA) is 43.7 Å². The number of nitrogens with zero attached hydrogens (tertiary/aromatic N) is 1. The van der Waals surface area contributed by atoms with Gasteiger partial charge in [0.25, 0.3) is 0 Å². The van der Waals surface area contributed by atoms with Crippen LogP contribution < -0.4 is 0 Å². The zero-order chi connectivity index (χ0) is 12.3. The number of hydrogen-bond acceptors (Lipinski definition) is 3. The molecule has 0 amide bonds. The van der Waals surface area contributed by atoms with Crippen LogP contribution in [0, 0.1) is 12.8 Å². The molecule has 17 heavy (non-hydrogen) atoms. The second kappa shape index (κ2) is 5.52. The van der Waals surface area contributed by atoms with Crippen molar-refractivity contribution in [3.05, 3.63) is 29.3 Å². The van der Waals surface area contributed by atoms with Crippen molar-refractivity contribution >= 4 is 0 Å². The fourth-order valence-electron chi connectivity index (χ4n) is 2.42. The predicted molar refractivity (Wildman–Crippen MR) is 67.9 cm³/mol. The molecule has 2 N–H and O–H groups in total. The van der Waals surface area contributed by atoms with Gasteiger partial charge in [-0.25, -0.2) is 0 Å². The normalized spacial score (nSPS) is 18.5. The standard InChI is InChI=1S/C14H21NO2/c1-11-3-2-4-13(14(11)17)9-15-7-5-12(10-16)6-8-15/h2-4,12,16-17H,5-10H2,1H3. The van der Waals surface area contributed by atoms with Gasteiger partial charge in [-0.2, -0.15) is 0 Å². The smallest absolute Gasteiger partial charge is 0.122 e. The summed E-state index contributed by atoms with van der Waals surface area (Å²) in [5.41, 5.74) is 1.94. The van der Waals surface area contributed by atoms with Gasteiger partial charge in [0.05, 0.1) is 0 Å². The van der Waals surface area contributed by atoms with Crippen molar-refractivity contribution in [3.8, 4) is 5.75 Å². The lowest BCUT2D eigenvalue weighted by molar-refractivity contribution is 0.127. The van der Waals surface area contributed by atoms with Crippen molar-refractivity contribution in [3.63, 3.8) is 0 Å². The fraction of sp³-hybridized carbons (Fsp3) is 0.571. The molecule has 3 nitrogen and oxygen atoms in total. The van der Waals surface area contributed by atoms with E-state index >= 15 is 0 Å². The number of aliphatic hydroxyl groups excluding tert-OH is 1. The van der Waals surface area contributed by atoms with Crippen LogP contribution in [-0.4, -0.2) is 34.8 Å². The largest absolute Gasteiger partial charge is 0.507 e. The van der Waals surface area contributed by atoms with E-state index in [-0.39, 0.29) is 0 Å². The molecular weight excluding hydrogens is 214 g/mol. The Morgan fingerprint density at radius 3 is 2.65 bits per heavy atom. The molecule has 0 atom stereocenters. The molecule has 1 aromatic carbocycles. The van der Waals surface area contributed by atoms with Gasteiger partial charge >= 0.3 is 0 Å². The van der Waals surface area contributed by atoms with E-state index in [9.17, 15) is 5.11 Å². The Kier molecular flexibility index (Phi) is 4.02. The van der Waals surface area contributed by atoms with E-state index in [2.05, 4.69) is 4.90 Å². The van der Waals surface area contributed by atoms with Gasteiger partial charge in [-0.05, 0) is 44.3 Å². The Hall–Kier alpha value is -1.06. The van der Waals surface area contributed by atoms with Crippen molar-refractivity contribution < 1.29 is 10.2 Å². The maximum absolute atomic E-state index is 9.96. The summed E-state index contributed by atoms with van der Waals surface area (Å²) in [5, 5.41) is 19.0. The van der Waals surface area contributed by atoms with Crippen LogP contribution in [0.4, 0.5) is 0 Å². The zero-order valence-corrected chi connectivity index (χ0v) is 10.4. The highest BCUT2D eigenvalue weighted by molar-refractivity contribution is 5.39. The van der Waals surface area contributed by atoms with Crippen LogP contribution in [-0.2, 0) is 6.54 Å². The van der Waals surface area contributed by atoms with Crippen LogP contribution in [0.1, 0.15) is 24.0 Å². The van der Waals surface area contributed by atoms with Crippen LogP contribution in [0.15, 0.2) is 18.2 Å². The first kappa shape index (κ1) is 12.4. The van der Waals surface area contributed by atoms with E-state index in [1.165, 1.54) is 0 Å². The lowest BCUT2D eigenvalue weighted by Crippen LogP contribution is -2.34. The van der Waals surface area contributed by atoms with Crippen molar-refractivity contribution in [1.82, 2.24) is 4.90 Å². The third-order valence-electron chi connectivity index (χ3n) is 3.68. The number of rotatable bonds is 3. The molecule has 1 aliphatic heterocycles. The first-order valence-electron chi connectivity index (χ1n) is 6.31. The predicted octanol–water partition coefficient (Wildman–Crippen LogP) is 1.90. The average molecular weight is 235 g/mol. The minimum atomic E-state index is 0.309. The Labute approximate surface area is 103 Å². The molecule has 0 radical (unpaired) electrons. The second-order valence-corrected chi connectivity index (χ2v) is 4.98. The average Bonchev–Trinajstić information content (AvgIpc) is 2.36. The maximum atomic E-state index is 9.96. The van der Waals surface area contributed by atoms with Gasteiger partial charge in [-0.3, -0.25) is 4.90 Å². The molecule has 3 heteroatoms. The molecule has 0 unspecified atom stereocenters. The summed E-state index contributed by atoms with van der Waals surface area (Å²) in [4.78, 5) is 2.35. The highest BCUT2D eigenvalue weighted by Crippen LogP contribution is 2.25. The number of aliphatic hydroxyl groups is 1. The molecule has 0 bridgehead atoms. The summed E-state index contributed by atoms with van der Waals surface area (Å²) in [7, 11) is 0. The van der Waals surface area contributed by atoms with Crippen LogP contribution in [0.5, 0.6) is 5.75 Å². The number of benzene rings is 1. The highest BCUT2D eigenvalue weighted by Gasteiger charge is 2.19. The quantitative estimate of drug-likeness (QED) is 0.841. The summed E-state index contributed by atoms with van der Waals surface area (Å²) >= 11 is 0. The van der Waals surface area contributed by atoms with E-state index in [1.807, 2.05) is 25.1 Å². The molecule has 1 saturated heterocycles. The highest BCUT2D eigenvalue weighted by atomic mass is 16.3. The van der Waals surface area contributed by atoms with Crippen molar-refractivity contribution in [2.45, 2.75) is 26.3 Å². The number of aromatic hydroxyl groups is 1. The molecule has 2 rings (SSSR count). The molecule has 1 fully saturated rings. The monoisotopic (exact) mass is 235 g/mol. The van der Waals surface area contributed by atoms with Gasteiger partial charge < -0.3 is 10.2 Å². The van der Waals surface area contributed by atoms with Gasteiger partial charge in [0.1, 0.15) is 5.75 Å². The summed E-state index contributed by atoms with van der Waals surface area (Å²) in [6.45, 7) is 5.07. The first-order valence-corrected chi connectivity index (χ1v) is 6.31. The fourth-order valence-corrected chi connectivity index (χ4v) is 2.42. The van der Waals surface area contributed by atoms with Crippen LogP contribution >= 0.6 is 0 Å². The molecule has 0 aromatic heterocycles. The number of phenolic OH excluding ortho intramolecular Hbond substituents is 1. The van der Waals surface area contributed by atoms with Crippen LogP contribution in [0.25, 0.3) is 0 Å². The SMILES string of the molecule is Cc1cccc(CN2CCC(CO)CC2)c1O. The van der Waals surface area contributed by atoms with E-state index in [0.29, 0.717) is 18.3 Å². The van der Waals surface area contributed by atoms with Crippen LogP contribution in [0.3, 0.4) is 0 Å². The summed E-state index contributed by atoms with van der Waals surface area (Å²) < 4.78 is 0. The van der Waals surface area contributed by atoms with E-state index in [4.69, 9.17) is 5.11 Å². The van der Waals surface area contributed by atoms with Crippen LogP contribution in [0.2, 0.25) is 0 Å². The van der Waals surface area contributed by atoms with E-state index in [1.54, 1.807) is 0 Å². The van der Waals surface area contributed by atoms with E-state index < -0.39 is 0 Å². The molecule has 1 aromatic rings. The van der Waals surface area contributed by atoms with Crippen molar-refractivity contribution in [1.29, 1.82) is 0 Å². The molecule has 1 aliphatic rings. The van der Waals surface area contributed by atoms with Gasteiger partial charge in [0.2, 0.25) is 0 Å². The number of hydrogen-bond donors (Lipinski definition) is 2. The number of likely N-dealkylation sites (tertiary alicyclic amines) is 1. The van der Waals surface area contributed by atoms with Gasteiger partial charge in [0.15, 0.2) is 0 Å². The lowest BCUT2D eigenvalue weighted by Gasteiger charge is -2.31. The number of piperidine rings is 1. The van der Waals surface area contributed by atoms with Crippen molar-refractivity contribution in [2.75, 3.05) is 19.7 Å². The molecule has 94 valence electrons. The lowest BCUT2D eigenvalue weighted by atomic mass is 9.97. The Morgan fingerprint density at radius 2 is 2.00 bits per heavy atom. The molecule has 0 aliphatic carbocycles. The minimum absolute atomic E-state index is 0.309. The Bertz CT molecular complexity index is 370.